The summed E-state index contributed by atoms with van der Waals surface area (Å²) in [6.07, 6.45) is 0.782. The van der Waals surface area contributed by atoms with Gasteiger partial charge >= 0.3 is 12.1 Å². The van der Waals surface area contributed by atoms with Crippen LogP contribution in [0.1, 0.15) is 93.0 Å². The highest BCUT2D eigenvalue weighted by molar-refractivity contribution is 7.18. The van der Waals surface area contributed by atoms with Crippen LogP contribution in [-0.2, 0) is 72.0 Å². The van der Waals surface area contributed by atoms with Gasteiger partial charge in [-0.15, -0.1) is 9.18 Å². The Balaban J connectivity index is 1.05. The van der Waals surface area contributed by atoms with Crippen molar-refractivity contribution in [3.63, 3.8) is 0 Å². The van der Waals surface area contributed by atoms with E-state index in [2.05, 4.69) is 22.5 Å². The Morgan fingerprint density at radius 1 is 0.743 bits per heavy atom. The van der Waals surface area contributed by atoms with Gasteiger partial charge in [-0.2, -0.15) is 0 Å². The van der Waals surface area contributed by atoms with Gasteiger partial charge in [0, 0.05) is 81.9 Å². The lowest BCUT2D eigenvalue weighted by Gasteiger charge is -2.26. The fourth-order valence-corrected chi connectivity index (χ4v) is 7.90. The second-order valence-electron chi connectivity index (χ2n) is 18.0. The third-order valence-corrected chi connectivity index (χ3v) is 12.3. The lowest BCUT2D eigenvalue weighted by molar-refractivity contribution is -0.134. The fraction of sp³-hybridized carbons (Fsp3) is 0.491. The van der Waals surface area contributed by atoms with Gasteiger partial charge in [0.1, 0.15) is 18.2 Å². The van der Waals surface area contributed by atoms with Gasteiger partial charge in [-0.05, 0) is 60.1 Å². The van der Waals surface area contributed by atoms with Crippen LogP contribution in [0.2, 0.25) is 0 Å². The summed E-state index contributed by atoms with van der Waals surface area (Å²) >= 11 is 0. The molecule has 0 aliphatic carbocycles. The Bertz CT molecular complexity index is 2430. The normalized spacial score (nSPS) is 12.8. The molecule has 1 aliphatic rings. The summed E-state index contributed by atoms with van der Waals surface area (Å²) in [5.41, 5.74) is 9.81. The Morgan fingerprint density at radius 3 is 2.04 bits per heavy atom. The molecular formula is C55H72N5O13P. The first-order valence-corrected chi connectivity index (χ1v) is 25.7. The number of Topliss-reactive ketones (excluding diaryl/α,β-unsaturated/α-hetero) is 3. The predicted molar refractivity (Wildman–Crippen MR) is 281 cm³/mol. The van der Waals surface area contributed by atoms with E-state index in [0.29, 0.717) is 70.0 Å². The highest BCUT2D eigenvalue weighted by Crippen LogP contribution is 2.26. The van der Waals surface area contributed by atoms with E-state index in [0.717, 1.165) is 27.3 Å². The van der Waals surface area contributed by atoms with Gasteiger partial charge in [-0.25, -0.2) is 9.59 Å². The maximum atomic E-state index is 13.6. The van der Waals surface area contributed by atoms with Crippen LogP contribution in [0.5, 0.6) is 0 Å². The number of hydrogen-bond acceptors (Lipinski definition) is 13. The number of ether oxygens (including phenoxy) is 5. The molecule has 0 aromatic heterocycles. The molecule has 6 amide bonds. The van der Waals surface area contributed by atoms with Crippen molar-refractivity contribution < 1.29 is 62.0 Å². The van der Waals surface area contributed by atoms with E-state index in [4.69, 9.17) is 30.7 Å². The number of carbonyl (C=O) groups excluding carboxylic acids is 8. The van der Waals surface area contributed by atoms with E-state index in [9.17, 15) is 38.4 Å². The molecule has 3 atom stereocenters. The SMILES string of the molecule is [2H]PCC(=O)N(C)C(=O)OCc1ccc(CC(=O)[C@H](CCCNC(N)=O)NC(=O)[C@@H](CC(=O)CCOCCOCCOCCOCCCC(=O)CCC(=O)N2Cc3ccccc3C#Cc3ccccc32)C(C)C)cc1. The summed E-state index contributed by atoms with van der Waals surface area (Å²) in [6.45, 7) is 6.59. The first kappa shape index (κ1) is 58.5. The maximum Gasteiger partial charge on any atom is 0.416 e. The van der Waals surface area contributed by atoms with Gasteiger partial charge < -0.3 is 45.0 Å². The van der Waals surface area contributed by atoms with Crippen LogP contribution < -0.4 is 21.3 Å². The number of carbonyl (C=O) groups is 8. The monoisotopic (exact) mass is 1040 g/mol. The van der Waals surface area contributed by atoms with E-state index in [1.165, 1.54) is 7.05 Å². The van der Waals surface area contributed by atoms with Crippen molar-refractivity contribution >= 4 is 62.1 Å². The van der Waals surface area contributed by atoms with Crippen LogP contribution in [0.25, 0.3) is 0 Å². The summed E-state index contributed by atoms with van der Waals surface area (Å²) in [7, 11) is 0.911. The third-order valence-electron chi connectivity index (χ3n) is 12.0. The number of imide groups is 1. The molecule has 1 heterocycles. The molecule has 1 unspecified atom stereocenters. The van der Waals surface area contributed by atoms with Crippen LogP contribution >= 0.6 is 9.18 Å². The number of urea groups is 1. The van der Waals surface area contributed by atoms with Crippen LogP contribution in [0.4, 0.5) is 15.3 Å². The average Bonchev–Trinajstić information content (AvgIpc) is 3.39. The van der Waals surface area contributed by atoms with E-state index in [1.807, 2.05) is 62.4 Å². The van der Waals surface area contributed by atoms with Crippen LogP contribution in [0.15, 0.2) is 72.8 Å². The number of ketones is 3. The number of para-hydroxylation sites is 1. The molecule has 3 aromatic rings. The molecule has 18 nitrogen and oxygen atoms in total. The summed E-state index contributed by atoms with van der Waals surface area (Å²) in [4.78, 5) is 104. The topological polar surface area (TPSA) is 239 Å². The van der Waals surface area contributed by atoms with Crippen LogP contribution in [0, 0.1) is 23.7 Å². The minimum atomic E-state index is -0.911. The number of benzene rings is 3. The van der Waals surface area contributed by atoms with Gasteiger partial charge in [0.15, 0.2) is 5.78 Å². The number of hydrogen-bond donors (Lipinski definition) is 3. The summed E-state index contributed by atoms with van der Waals surface area (Å²) in [5.74, 6) is 3.96. The van der Waals surface area contributed by atoms with Gasteiger partial charge in [-0.1, -0.05) is 80.3 Å². The summed E-state index contributed by atoms with van der Waals surface area (Å²) in [5, 5.41) is 5.34. The van der Waals surface area contributed by atoms with Crippen LogP contribution in [-0.4, -0.2) is 132 Å². The van der Waals surface area contributed by atoms with E-state index < -0.39 is 35.9 Å². The molecular weight excluding hydrogens is 970 g/mol. The van der Waals surface area contributed by atoms with E-state index in [-0.39, 0.29) is 116 Å². The Labute approximate surface area is 437 Å². The van der Waals surface area contributed by atoms with Crippen LogP contribution in [0.3, 0.4) is 0 Å². The van der Waals surface area contributed by atoms with E-state index >= 15 is 0 Å². The summed E-state index contributed by atoms with van der Waals surface area (Å²) < 4.78 is 34.7. The van der Waals surface area contributed by atoms with Crippen molar-refractivity contribution in [1.29, 1.82) is 1.28 Å². The molecule has 4 N–H and O–H groups in total. The Kier molecular flexibility index (Phi) is 26.5. The second-order valence-corrected chi connectivity index (χ2v) is 18.3. The molecule has 19 heteroatoms. The zero-order chi connectivity index (χ0) is 54.4. The van der Waals surface area contributed by atoms with Crippen molar-refractivity contribution in [2.75, 3.05) is 77.5 Å². The van der Waals surface area contributed by atoms with Crippen molar-refractivity contribution in [3.8, 4) is 11.8 Å². The number of nitrogens with two attached hydrogens (primary N) is 1. The van der Waals surface area contributed by atoms with E-state index in [1.54, 1.807) is 29.2 Å². The number of amides is 6. The second kappa shape index (κ2) is 33.5. The highest BCUT2D eigenvalue weighted by atomic mass is 31.0. The fourth-order valence-electron chi connectivity index (χ4n) is 7.66. The Morgan fingerprint density at radius 2 is 1.36 bits per heavy atom. The molecule has 3 aromatic carbocycles. The molecule has 0 radical (unpaired) electrons. The first-order chi connectivity index (χ1) is 36.2. The molecule has 1 aliphatic heterocycles. The quantitative estimate of drug-likeness (QED) is 0.0377. The predicted octanol–water partition coefficient (Wildman–Crippen LogP) is 5.47. The smallest absolute Gasteiger partial charge is 0.416 e. The number of nitrogens with zero attached hydrogens (tertiary/aromatic N) is 2. The molecule has 0 saturated carbocycles. The van der Waals surface area contributed by atoms with Gasteiger partial charge in [0.25, 0.3) is 0 Å². The molecule has 400 valence electrons. The van der Waals surface area contributed by atoms with Gasteiger partial charge in [0.2, 0.25) is 17.7 Å². The molecule has 0 fully saturated rings. The number of nitrogens with one attached hydrogen (secondary N) is 2. The van der Waals surface area contributed by atoms with Crippen molar-refractivity contribution in [3.05, 3.63) is 101 Å². The highest BCUT2D eigenvalue weighted by Gasteiger charge is 2.29. The average molecular weight is 1040 g/mol. The largest absolute Gasteiger partial charge is 0.444 e. The molecule has 4 rings (SSSR count). The third kappa shape index (κ3) is 22.0. The lowest BCUT2D eigenvalue weighted by Crippen LogP contribution is -2.46. The number of fused-ring (bicyclic) bond motifs is 2. The van der Waals surface area contributed by atoms with Gasteiger partial charge in [0.05, 0.1) is 65.8 Å². The molecule has 74 heavy (non-hydrogen) atoms. The minimum Gasteiger partial charge on any atom is -0.444 e. The number of rotatable bonds is 35. The maximum absolute atomic E-state index is 13.6. The molecule has 0 saturated heterocycles. The summed E-state index contributed by atoms with van der Waals surface area (Å²) in [6, 6.07) is 20.4. The van der Waals surface area contributed by atoms with Crippen molar-refractivity contribution in [1.82, 2.24) is 15.5 Å². The zero-order valence-electron chi connectivity index (χ0n) is 43.8. The minimum absolute atomic E-state index is 0.00497. The van der Waals surface area contributed by atoms with Gasteiger partial charge in [-0.3, -0.25) is 33.7 Å². The zero-order valence-corrected chi connectivity index (χ0v) is 43.8. The number of anilines is 1. The van der Waals surface area contributed by atoms with Crippen molar-refractivity contribution in [2.45, 2.75) is 90.8 Å². The lowest BCUT2D eigenvalue weighted by atomic mass is 9.88. The van der Waals surface area contributed by atoms with Crippen molar-refractivity contribution in [2.24, 2.45) is 17.6 Å². The Hall–Kier alpha value is -6.35. The molecule has 0 bridgehead atoms. The molecule has 0 spiro atoms. The standard InChI is InChI=1S/C55H72N5O13P/c1-39(2)47(53(66)58-48(14-8-25-57-54(56)67)50(63)34-40-16-18-41(19-17-40)37-73-55(68)59(3)52(65)38-74)35-46(62)24-27-70-29-31-72-33-32-71-30-28-69-26-9-13-45(61)22-23-51(64)60-36-44-12-5-4-10-42(44)20-21-43-11-6-7-15-49(43)60/h4-7,10-12,15-19,39,47-48H,8-9,13-14,22-38,74H2,1-3H3,(H,58,66)(H3,56,57,67)/t47-,48-/m0/s1/i74D/t47-,48-,74?. The number of primary amides is 1. The first-order valence-electron chi connectivity index (χ1n) is 25.5.